The first kappa shape index (κ1) is 18.4. The van der Waals surface area contributed by atoms with E-state index in [1.807, 2.05) is 36.4 Å². The van der Waals surface area contributed by atoms with Gasteiger partial charge in [0, 0.05) is 27.9 Å². The molecule has 6 heteroatoms. The van der Waals surface area contributed by atoms with E-state index in [1.165, 1.54) is 0 Å². The van der Waals surface area contributed by atoms with Crippen LogP contribution in [0, 0.1) is 0 Å². The van der Waals surface area contributed by atoms with Gasteiger partial charge in [-0.2, -0.15) is 0 Å². The molecule has 0 unspecified atom stereocenters. The Morgan fingerprint density at radius 2 is 2.09 bits per heavy atom. The highest BCUT2D eigenvalue weighted by Gasteiger charge is 2.15. The molecule has 3 rings (SSSR count). The number of thioether (sulfide) groups is 1. The molecule has 1 atom stereocenters. The van der Waals surface area contributed by atoms with E-state index in [1.54, 1.807) is 11.8 Å². The molecule has 2 aromatic rings. The Hall–Kier alpha value is -0.940. The third kappa shape index (κ3) is 4.77. The molecular weight excluding hydrogens is 351 g/mol. The van der Waals surface area contributed by atoms with Gasteiger partial charge in [0.05, 0.1) is 5.75 Å². The van der Waals surface area contributed by atoms with E-state index in [9.17, 15) is 4.79 Å². The van der Waals surface area contributed by atoms with Gasteiger partial charge in [0.15, 0.2) is 0 Å². The largest absolute Gasteiger partial charge is 0.351 e. The fraction of sp³-hybridized carbons (Fsp3) is 0.353. The number of amides is 1. The number of hydrogen-bond acceptors (Lipinski definition) is 3. The highest BCUT2D eigenvalue weighted by molar-refractivity contribution is 8.00. The quantitative estimate of drug-likeness (QED) is 0.802. The molecule has 1 aliphatic heterocycles. The molecule has 1 saturated heterocycles. The topological polar surface area (TPSA) is 41.1 Å². The Kier molecular flexibility index (Phi) is 7.03. The predicted molar refractivity (Wildman–Crippen MR) is 101 cm³/mol. The zero-order valence-corrected chi connectivity index (χ0v) is 15.1. The Morgan fingerprint density at radius 1 is 1.30 bits per heavy atom. The smallest absolute Gasteiger partial charge is 0.230 e. The van der Waals surface area contributed by atoms with Crippen LogP contribution in [-0.2, 0) is 4.79 Å². The van der Waals surface area contributed by atoms with Crippen LogP contribution in [0.3, 0.4) is 0 Å². The number of hydrogen-bond donors (Lipinski definition) is 2. The summed E-state index contributed by atoms with van der Waals surface area (Å²) in [6.07, 6.45) is 2.18. The Balaban J connectivity index is 0.00000192. The lowest BCUT2D eigenvalue weighted by atomic mass is 10.1. The maximum Gasteiger partial charge on any atom is 0.230 e. The van der Waals surface area contributed by atoms with Crippen molar-refractivity contribution in [3.63, 3.8) is 0 Å². The van der Waals surface area contributed by atoms with Gasteiger partial charge in [0.25, 0.3) is 0 Å². The van der Waals surface area contributed by atoms with Gasteiger partial charge >= 0.3 is 0 Å². The van der Waals surface area contributed by atoms with Crippen LogP contribution in [0.5, 0.6) is 0 Å². The molecule has 0 spiro atoms. The fourth-order valence-corrected chi connectivity index (χ4v) is 4.03. The minimum atomic E-state index is 0. The van der Waals surface area contributed by atoms with Gasteiger partial charge in [-0.05, 0) is 36.9 Å². The Morgan fingerprint density at radius 3 is 2.83 bits per heavy atom. The van der Waals surface area contributed by atoms with Crippen LogP contribution in [0.2, 0.25) is 5.02 Å². The summed E-state index contributed by atoms with van der Waals surface area (Å²) >= 11 is 7.85. The van der Waals surface area contributed by atoms with E-state index in [2.05, 4.69) is 10.6 Å². The van der Waals surface area contributed by atoms with Gasteiger partial charge in [-0.1, -0.05) is 35.9 Å². The predicted octanol–water partition coefficient (Wildman–Crippen LogP) is 3.88. The molecule has 124 valence electrons. The average Bonchev–Trinajstić information content (AvgIpc) is 2.54. The van der Waals surface area contributed by atoms with Gasteiger partial charge in [-0.15, -0.1) is 24.2 Å². The molecule has 0 bridgehead atoms. The fourth-order valence-electron chi connectivity index (χ4n) is 2.77. The molecule has 0 saturated carbocycles. The summed E-state index contributed by atoms with van der Waals surface area (Å²) in [5.74, 6) is 0.503. The van der Waals surface area contributed by atoms with Crippen LogP contribution >= 0.6 is 35.8 Å². The summed E-state index contributed by atoms with van der Waals surface area (Å²) in [5.41, 5.74) is 0. The maximum atomic E-state index is 12.1. The van der Waals surface area contributed by atoms with E-state index >= 15 is 0 Å². The van der Waals surface area contributed by atoms with Crippen LogP contribution in [0.1, 0.15) is 12.8 Å². The van der Waals surface area contributed by atoms with Gasteiger partial charge in [-0.3, -0.25) is 4.79 Å². The second kappa shape index (κ2) is 8.78. The number of nitrogens with one attached hydrogen (secondary N) is 2. The highest BCUT2D eigenvalue weighted by Crippen LogP contribution is 2.33. The lowest BCUT2D eigenvalue weighted by molar-refractivity contribution is -0.119. The molecule has 1 fully saturated rings. The lowest BCUT2D eigenvalue weighted by Crippen LogP contribution is -2.46. The normalized spacial score (nSPS) is 17.5. The summed E-state index contributed by atoms with van der Waals surface area (Å²) in [5, 5.41) is 9.27. The number of carbonyl (C=O) groups excluding carboxylic acids is 1. The summed E-state index contributed by atoms with van der Waals surface area (Å²) < 4.78 is 0. The lowest BCUT2D eigenvalue weighted by Gasteiger charge is -2.23. The van der Waals surface area contributed by atoms with Gasteiger partial charge in [-0.25, -0.2) is 0 Å². The van der Waals surface area contributed by atoms with E-state index in [0.29, 0.717) is 5.75 Å². The molecule has 0 radical (unpaired) electrons. The summed E-state index contributed by atoms with van der Waals surface area (Å²) in [6.45, 7) is 1.92. The second-order valence-corrected chi connectivity index (χ2v) is 6.92. The number of rotatable bonds is 4. The molecule has 2 N–H and O–H groups in total. The average molecular weight is 371 g/mol. The minimum absolute atomic E-state index is 0. The monoisotopic (exact) mass is 370 g/mol. The number of carbonyl (C=O) groups is 1. The third-order valence-corrected chi connectivity index (χ3v) is 5.21. The molecule has 2 aromatic carbocycles. The number of piperidine rings is 1. The van der Waals surface area contributed by atoms with E-state index < -0.39 is 0 Å². The maximum absolute atomic E-state index is 12.1. The van der Waals surface area contributed by atoms with Crippen LogP contribution in [0.15, 0.2) is 41.3 Å². The molecule has 0 aliphatic carbocycles. The number of benzene rings is 2. The Labute approximate surface area is 152 Å². The Bertz CT molecular complexity index is 669. The first-order valence-corrected chi connectivity index (χ1v) is 8.90. The zero-order valence-electron chi connectivity index (χ0n) is 12.7. The molecule has 1 heterocycles. The molecule has 3 nitrogen and oxygen atoms in total. The minimum Gasteiger partial charge on any atom is -0.351 e. The second-order valence-electron chi connectivity index (χ2n) is 5.49. The summed E-state index contributed by atoms with van der Waals surface area (Å²) in [6, 6.07) is 12.2. The van der Waals surface area contributed by atoms with Crippen molar-refractivity contribution in [2.45, 2.75) is 23.8 Å². The van der Waals surface area contributed by atoms with Crippen LogP contribution in [0.4, 0.5) is 0 Å². The van der Waals surface area contributed by atoms with E-state index in [4.69, 9.17) is 11.6 Å². The van der Waals surface area contributed by atoms with Crippen molar-refractivity contribution in [1.29, 1.82) is 0 Å². The number of halogens is 2. The molecule has 1 aliphatic rings. The van der Waals surface area contributed by atoms with Crippen LogP contribution in [0.25, 0.3) is 10.8 Å². The van der Waals surface area contributed by atoms with E-state index in [0.717, 1.165) is 46.6 Å². The SMILES string of the molecule is Cl.O=C(CSc1cccc2cccc(Cl)c12)N[C@H]1CCCNC1. The molecule has 0 aromatic heterocycles. The van der Waals surface area contributed by atoms with Crippen molar-refractivity contribution in [2.75, 3.05) is 18.8 Å². The molecule has 23 heavy (non-hydrogen) atoms. The highest BCUT2D eigenvalue weighted by atomic mass is 35.5. The van der Waals surface area contributed by atoms with Gasteiger partial charge in [0.2, 0.25) is 5.91 Å². The van der Waals surface area contributed by atoms with Gasteiger partial charge in [0.1, 0.15) is 0 Å². The van der Waals surface area contributed by atoms with Crippen LogP contribution in [-0.4, -0.2) is 30.8 Å². The first-order chi connectivity index (χ1) is 10.7. The number of fused-ring (bicyclic) bond motifs is 1. The van der Waals surface area contributed by atoms with Gasteiger partial charge < -0.3 is 10.6 Å². The summed E-state index contributed by atoms with van der Waals surface area (Å²) in [7, 11) is 0. The van der Waals surface area contributed by atoms with Crippen molar-refractivity contribution in [2.24, 2.45) is 0 Å². The third-order valence-electron chi connectivity index (χ3n) is 3.84. The van der Waals surface area contributed by atoms with Crippen molar-refractivity contribution < 1.29 is 4.79 Å². The van der Waals surface area contributed by atoms with E-state index in [-0.39, 0.29) is 24.4 Å². The van der Waals surface area contributed by atoms with Crippen molar-refractivity contribution in [3.8, 4) is 0 Å². The first-order valence-electron chi connectivity index (χ1n) is 7.54. The zero-order chi connectivity index (χ0) is 15.4. The molecule has 1 amide bonds. The van der Waals surface area contributed by atoms with Crippen molar-refractivity contribution in [3.05, 3.63) is 41.4 Å². The van der Waals surface area contributed by atoms with Crippen molar-refractivity contribution in [1.82, 2.24) is 10.6 Å². The standard InChI is InChI=1S/C17H19ClN2OS.ClH/c18-14-7-1-4-12-5-2-8-15(17(12)14)22-11-16(21)20-13-6-3-9-19-10-13;/h1-2,4-5,7-8,13,19H,3,6,9-11H2,(H,20,21);1H/t13-;/m0./s1. The summed E-state index contributed by atoms with van der Waals surface area (Å²) in [4.78, 5) is 13.2. The molecular formula is C17H20Cl2N2OS. The van der Waals surface area contributed by atoms with Crippen LogP contribution < -0.4 is 10.6 Å². The van der Waals surface area contributed by atoms with Crippen molar-refractivity contribution >= 4 is 52.4 Å².